The summed E-state index contributed by atoms with van der Waals surface area (Å²) in [5.41, 5.74) is -1.38. The zero-order chi connectivity index (χ0) is 14.0. The van der Waals surface area contributed by atoms with E-state index in [0.717, 1.165) is 12.1 Å². The van der Waals surface area contributed by atoms with Crippen molar-refractivity contribution in [3.05, 3.63) is 47.7 Å². The highest BCUT2D eigenvalue weighted by Gasteiger charge is 2.34. The maximum absolute atomic E-state index is 12.8. The Labute approximate surface area is 106 Å². The Balaban J connectivity index is 2.32. The molecule has 0 unspecified atom stereocenters. The van der Waals surface area contributed by atoms with Crippen LogP contribution in [0.15, 0.2) is 36.5 Å². The van der Waals surface area contributed by atoms with E-state index < -0.39 is 23.2 Å². The van der Waals surface area contributed by atoms with Crippen LogP contribution in [-0.2, 0) is 13.2 Å². The second-order valence-electron chi connectivity index (χ2n) is 3.84. The van der Waals surface area contributed by atoms with Crippen molar-refractivity contribution < 1.29 is 18.0 Å². The lowest BCUT2D eigenvalue weighted by Crippen LogP contribution is -2.19. The van der Waals surface area contributed by atoms with Gasteiger partial charge in [0, 0.05) is 13.1 Å². The number of nitrogens with zero attached hydrogens (tertiary/aromatic N) is 2. The SMILES string of the molecule is Cn1nccc1NC(=O)c1ccccc1C(F)(F)F. The first-order valence-corrected chi connectivity index (χ1v) is 5.35. The van der Waals surface area contributed by atoms with E-state index >= 15 is 0 Å². The molecule has 4 nitrogen and oxygen atoms in total. The van der Waals surface area contributed by atoms with Crippen molar-refractivity contribution in [2.24, 2.45) is 7.05 Å². The molecular weight excluding hydrogens is 259 g/mol. The number of hydrogen-bond donors (Lipinski definition) is 1. The zero-order valence-corrected chi connectivity index (χ0v) is 9.90. The lowest BCUT2D eigenvalue weighted by atomic mass is 10.1. The number of nitrogens with one attached hydrogen (secondary N) is 1. The van der Waals surface area contributed by atoms with Crippen molar-refractivity contribution in [3.63, 3.8) is 0 Å². The molecule has 1 heterocycles. The average molecular weight is 269 g/mol. The predicted octanol–water partition coefficient (Wildman–Crippen LogP) is 2.69. The van der Waals surface area contributed by atoms with Gasteiger partial charge in [0.1, 0.15) is 5.82 Å². The van der Waals surface area contributed by atoms with Crippen LogP contribution in [0.25, 0.3) is 0 Å². The molecule has 0 atom stereocenters. The highest BCUT2D eigenvalue weighted by Crippen LogP contribution is 2.32. The molecule has 0 bridgehead atoms. The quantitative estimate of drug-likeness (QED) is 0.911. The number of anilines is 1. The van der Waals surface area contributed by atoms with E-state index in [1.165, 1.54) is 29.1 Å². The molecule has 1 amide bonds. The predicted molar refractivity (Wildman–Crippen MR) is 62.6 cm³/mol. The molecule has 1 N–H and O–H groups in total. The highest BCUT2D eigenvalue weighted by atomic mass is 19.4. The molecule has 7 heteroatoms. The van der Waals surface area contributed by atoms with Crippen LogP contribution in [0.4, 0.5) is 19.0 Å². The fraction of sp³-hybridized carbons (Fsp3) is 0.167. The maximum atomic E-state index is 12.8. The number of halogens is 3. The fourth-order valence-corrected chi connectivity index (χ4v) is 1.61. The first-order chi connectivity index (χ1) is 8.89. The molecule has 2 rings (SSSR count). The molecule has 0 radical (unpaired) electrons. The zero-order valence-electron chi connectivity index (χ0n) is 9.90. The van der Waals surface area contributed by atoms with Crippen LogP contribution >= 0.6 is 0 Å². The molecule has 100 valence electrons. The summed E-state index contributed by atoms with van der Waals surface area (Å²) in [6.45, 7) is 0. The smallest absolute Gasteiger partial charge is 0.307 e. The van der Waals surface area contributed by atoms with Crippen molar-refractivity contribution in [2.45, 2.75) is 6.18 Å². The van der Waals surface area contributed by atoms with Gasteiger partial charge in [-0.05, 0) is 12.1 Å². The first kappa shape index (κ1) is 13.1. The Kier molecular flexibility index (Phi) is 3.28. The number of carbonyl (C=O) groups excluding carboxylic acids is 1. The third-order valence-corrected chi connectivity index (χ3v) is 2.54. The maximum Gasteiger partial charge on any atom is 0.417 e. The number of amides is 1. The van der Waals surface area contributed by atoms with Crippen molar-refractivity contribution in [1.82, 2.24) is 9.78 Å². The average Bonchev–Trinajstić information content (AvgIpc) is 2.74. The second kappa shape index (κ2) is 4.75. The fourth-order valence-electron chi connectivity index (χ4n) is 1.61. The molecule has 2 aromatic rings. The van der Waals surface area contributed by atoms with Crippen LogP contribution in [0, 0.1) is 0 Å². The lowest BCUT2D eigenvalue weighted by molar-refractivity contribution is -0.137. The van der Waals surface area contributed by atoms with E-state index in [0.29, 0.717) is 5.82 Å². The number of rotatable bonds is 2. The molecule has 19 heavy (non-hydrogen) atoms. The van der Waals surface area contributed by atoms with Gasteiger partial charge in [-0.1, -0.05) is 12.1 Å². The summed E-state index contributed by atoms with van der Waals surface area (Å²) in [5.74, 6) is -0.501. The second-order valence-corrected chi connectivity index (χ2v) is 3.84. The van der Waals surface area contributed by atoms with E-state index in [4.69, 9.17) is 0 Å². The summed E-state index contributed by atoms with van der Waals surface area (Å²) >= 11 is 0. The van der Waals surface area contributed by atoms with E-state index in [1.807, 2.05) is 0 Å². The number of hydrogen-bond acceptors (Lipinski definition) is 2. The first-order valence-electron chi connectivity index (χ1n) is 5.35. The van der Waals surface area contributed by atoms with Gasteiger partial charge in [-0.3, -0.25) is 9.48 Å². The minimum atomic E-state index is -4.57. The van der Waals surface area contributed by atoms with Gasteiger partial charge in [0.05, 0.1) is 17.3 Å². The minimum Gasteiger partial charge on any atom is -0.307 e. The van der Waals surface area contributed by atoms with Crippen LogP contribution in [-0.4, -0.2) is 15.7 Å². The summed E-state index contributed by atoms with van der Waals surface area (Å²) in [5, 5.41) is 6.19. The van der Waals surface area contributed by atoms with Gasteiger partial charge < -0.3 is 5.32 Å². The Hall–Kier alpha value is -2.31. The van der Waals surface area contributed by atoms with Gasteiger partial charge in [-0.2, -0.15) is 18.3 Å². The van der Waals surface area contributed by atoms with Gasteiger partial charge in [0.15, 0.2) is 0 Å². The van der Waals surface area contributed by atoms with Crippen molar-refractivity contribution in [3.8, 4) is 0 Å². The standard InChI is InChI=1S/C12H10F3N3O/c1-18-10(6-7-16-18)17-11(19)8-4-2-3-5-9(8)12(13,14)15/h2-7H,1H3,(H,17,19). The third kappa shape index (κ3) is 2.75. The molecule has 1 aromatic carbocycles. The number of carbonyl (C=O) groups is 1. The molecular formula is C12H10F3N3O. The van der Waals surface area contributed by atoms with Gasteiger partial charge in [0.2, 0.25) is 0 Å². The van der Waals surface area contributed by atoms with Gasteiger partial charge in [-0.15, -0.1) is 0 Å². The Morgan fingerprint density at radius 1 is 1.26 bits per heavy atom. The summed E-state index contributed by atoms with van der Waals surface area (Å²) in [6.07, 6.45) is -3.13. The molecule has 0 saturated heterocycles. The minimum absolute atomic E-state index is 0.321. The normalized spacial score (nSPS) is 11.4. The topological polar surface area (TPSA) is 46.9 Å². The van der Waals surface area contributed by atoms with Crippen LogP contribution in [0.5, 0.6) is 0 Å². The van der Waals surface area contributed by atoms with Crippen molar-refractivity contribution in [2.75, 3.05) is 5.32 Å². The van der Waals surface area contributed by atoms with Crippen molar-refractivity contribution >= 4 is 11.7 Å². The van der Waals surface area contributed by atoms with Crippen molar-refractivity contribution in [1.29, 1.82) is 0 Å². The molecule has 0 aliphatic carbocycles. The summed E-state index contributed by atoms with van der Waals surface area (Å²) < 4.78 is 39.7. The van der Waals surface area contributed by atoms with Crippen LogP contribution < -0.4 is 5.32 Å². The summed E-state index contributed by atoms with van der Waals surface area (Å²) in [7, 11) is 1.57. The lowest BCUT2D eigenvalue weighted by Gasteiger charge is -2.12. The molecule has 1 aromatic heterocycles. The van der Waals surface area contributed by atoms with E-state index in [2.05, 4.69) is 10.4 Å². The Bertz CT molecular complexity index is 604. The van der Waals surface area contributed by atoms with Crippen LogP contribution in [0.2, 0.25) is 0 Å². The van der Waals surface area contributed by atoms with E-state index in [9.17, 15) is 18.0 Å². The number of aromatic nitrogens is 2. The number of alkyl halides is 3. The molecule has 0 spiro atoms. The van der Waals surface area contributed by atoms with Gasteiger partial charge >= 0.3 is 6.18 Å². The molecule has 0 aliphatic heterocycles. The van der Waals surface area contributed by atoms with E-state index in [-0.39, 0.29) is 0 Å². The Morgan fingerprint density at radius 2 is 1.95 bits per heavy atom. The molecule has 0 aliphatic rings. The van der Waals surface area contributed by atoms with Gasteiger partial charge in [-0.25, -0.2) is 0 Å². The Morgan fingerprint density at radius 3 is 2.53 bits per heavy atom. The largest absolute Gasteiger partial charge is 0.417 e. The summed E-state index contributed by atoms with van der Waals surface area (Å²) in [4.78, 5) is 11.9. The van der Waals surface area contributed by atoms with Crippen LogP contribution in [0.3, 0.4) is 0 Å². The molecule has 0 fully saturated rings. The highest BCUT2D eigenvalue weighted by molar-refractivity contribution is 6.05. The van der Waals surface area contributed by atoms with E-state index in [1.54, 1.807) is 7.05 Å². The van der Waals surface area contributed by atoms with Crippen LogP contribution in [0.1, 0.15) is 15.9 Å². The number of benzene rings is 1. The number of aryl methyl sites for hydroxylation is 1. The monoisotopic (exact) mass is 269 g/mol. The summed E-state index contributed by atoms with van der Waals surface area (Å²) in [6, 6.07) is 6.12. The third-order valence-electron chi connectivity index (χ3n) is 2.54. The van der Waals surface area contributed by atoms with Gasteiger partial charge in [0.25, 0.3) is 5.91 Å². The molecule has 0 saturated carbocycles.